The van der Waals surface area contributed by atoms with E-state index >= 15 is 0 Å². The summed E-state index contributed by atoms with van der Waals surface area (Å²) >= 11 is 7.42. The molecule has 3 rings (SSSR count). The van der Waals surface area contributed by atoms with Crippen molar-refractivity contribution in [3.8, 4) is 5.75 Å². The van der Waals surface area contributed by atoms with Crippen molar-refractivity contribution in [3.63, 3.8) is 0 Å². The van der Waals surface area contributed by atoms with Gasteiger partial charge in [-0.2, -0.15) is 0 Å². The molecule has 0 atom stereocenters. The Kier molecular flexibility index (Phi) is 6.06. The maximum Gasteiger partial charge on any atom is 0.264 e. The fourth-order valence-corrected chi connectivity index (χ4v) is 3.72. The van der Waals surface area contributed by atoms with Gasteiger partial charge in [0.2, 0.25) is 0 Å². The molecule has 2 amide bonds. The van der Waals surface area contributed by atoms with Gasteiger partial charge in [0.15, 0.2) is 11.8 Å². The number of amidine groups is 1. The largest absolute Gasteiger partial charge is 0.482 e. The third-order valence-corrected chi connectivity index (χ3v) is 4.92. The molecule has 1 fully saturated rings. The summed E-state index contributed by atoms with van der Waals surface area (Å²) in [5.41, 5.74) is 8.79. The molecule has 6 nitrogen and oxygen atoms in total. The van der Waals surface area contributed by atoms with Gasteiger partial charge in [-0.1, -0.05) is 23.7 Å². The van der Waals surface area contributed by atoms with Crippen LogP contribution in [0.5, 0.6) is 5.75 Å². The van der Waals surface area contributed by atoms with Crippen LogP contribution >= 0.6 is 23.4 Å². The summed E-state index contributed by atoms with van der Waals surface area (Å²) in [6, 6.07) is 11.0. The molecule has 3 N–H and O–H groups in total. The molecule has 0 aliphatic carbocycles. The Morgan fingerprint density at radius 3 is 2.61 bits per heavy atom. The molecule has 0 bridgehead atoms. The van der Waals surface area contributed by atoms with Crippen molar-refractivity contribution in [2.75, 3.05) is 6.61 Å². The smallest absolute Gasteiger partial charge is 0.264 e. The molecule has 2 aromatic carbocycles. The van der Waals surface area contributed by atoms with Crippen LogP contribution in [0.3, 0.4) is 0 Å². The minimum Gasteiger partial charge on any atom is -0.482 e. The second-order valence-corrected chi connectivity index (χ2v) is 7.71. The van der Waals surface area contributed by atoms with Crippen molar-refractivity contribution in [2.24, 2.45) is 10.7 Å². The number of hydrogen-bond acceptors (Lipinski definition) is 5. The lowest BCUT2D eigenvalue weighted by Crippen LogP contribution is -2.20. The minimum absolute atomic E-state index is 0.224. The zero-order valence-corrected chi connectivity index (χ0v) is 16.9. The summed E-state index contributed by atoms with van der Waals surface area (Å²) in [6.45, 7) is 3.75. The van der Waals surface area contributed by atoms with Gasteiger partial charge in [0.1, 0.15) is 5.75 Å². The quantitative estimate of drug-likeness (QED) is 0.728. The average Bonchev–Trinajstić information content (AvgIpc) is 2.92. The number of amides is 2. The third kappa shape index (κ3) is 5.15. The van der Waals surface area contributed by atoms with Crippen molar-refractivity contribution in [1.82, 2.24) is 5.32 Å². The summed E-state index contributed by atoms with van der Waals surface area (Å²) in [5.74, 6) is -0.460. The Labute approximate surface area is 171 Å². The van der Waals surface area contributed by atoms with Gasteiger partial charge in [-0.25, -0.2) is 4.99 Å². The highest BCUT2D eigenvalue weighted by atomic mass is 35.5. The number of rotatable bonds is 5. The normalized spacial score (nSPS) is 16.5. The molecule has 144 valence electrons. The van der Waals surface area contributed by atoms with Crippen molar-refractivity contribution in [1.29, 1.82) is 0 Å². The summed E-state index contributed by atoms with van der Waals surface area (Å²) in [6.07, 6.45) is 1.72. The van der Waals surface area contributed by atoms with Crippen LogP contribution in [0.2, 0.25) is 5.02 Å². The van der Waals surface area contributed by atoms with Crippen LogP contribution in [-0.4, -0.2) is 23.6 Å². The summed E-state index contributed by atoms with van der Waals surface area (Å²) in [7, 11) is 0. The van der Waals surface area contributed by atoms with Gasteiger partial charge in [-0.05, 0) is 72.6 Å². The Balaban J connectivity index is 1.78. The number of carbonyl (C=O) groups excluding carboxylic acids is 2. The first-order chi connectivity index (χ1) is 13.3. The van der Waals surface area contributed by atoms with E-state index in [0.717, 1.165) is 22.4 Å². The van der Waals surface area contributed by atoms with Crippen LogP contribution in [0.1, 0.15) is 16.7 Å². The van der Waals surface area contributed by atoms with E-state index in [1.54, 1.807) is 24.3 Å². The SMILES string of the molecule is Cc1cc(C)cc(N=C2NC(=O)C(=Cc3ccc(OCC(N)=O)c(Cl)c3)S2)c1. The van der Waals surface area contributed by atoms with E-state index < -0.39 is 5.91 Å². The fourth-order valence-electron chi connectivity index (χ4n) is 2.64. The monoisotopic (exact) mass is 415 g/mol. The van der Waals surface area contributed by atoms with Crippen LogP contribution in [0, 0.1) is 13.8 Å². The van der Waals surface area contributed by atoms with E-state index in [1.807, 2.05) is 26.0 Å². The van der Waals surface area contributed by atoms with E-state index in [4.69, 9.17) is 22.1 Å². The van der Waals surface area contributed by atoms with E-state index in [2.05, 4.69) is 16.4 Å². The lowest BCUT2D eigenvalue weighted by molar-refractivity contribution is -0.120. The van der Waals surface area contributed by atoms with Gasteiger partial charge in [0, 0.05) is 0 Å². The van der Waals surface area contributed by atoms with Crippen LogP contribution in [-0.2, 0) is 9.59 Å². The maximum atomic E-state index is 12.3. The number of thioether (sulfide) groups is 1. The lowest BCUT2D eigenvalue weighted by atomic mass is 10.1. The fraction of sp³-hybridized carbons (Fsp3) is 0.150. The van der Waals surface area contributed by atoms with Gasteiger partial charge in [-0.3, -0.25) is 9.59 Å². The Bertz CT molecular complexity index is 998. The standard InChI is InChI=1S/C20H18ClN3O3S/c1-11-5-12(2)7-14(6-11)23-20-24-19(26)17(28-20)9-13-3-4-16(15(21)8-13)27-10-18(22)25/h3-9H,10H2,1-2H3,(H2,22,25)(H,23,24,26). The van der Waals surface area contributed by atoms with Gasteiger partial charge < -0.3 is 15.8 Å². The number of ether oxygens (including phenoxy) is 1. The first-order valence-corrected chi connectivity index (χ1v) is 9.58. The molecule has 2 aromatic rings. The molecule has 0 spiro atoms. The number of aryl methyl sites for hydroxylation is 2. The van der Waals surface area contributed by atoms with Crippen molar-refractivity contribution in [3.05, 3.63) is 63.0 Å². The predicted molar refractivity (Wildman–Crippen MR) is 113 cm³/mol. The van der Waals surface area contributed by atoms with E-state index in [9.17, 15) is 9.59 Å². The third-order valence-electron chi connectivity index (χ3n) is 3.71. The highest BCUT2D eigenvalue weighted by molar-refractivity contribution is 8.18. The average molecular weight is 416 g/mol. The maximum absolute atomic E-state index is 12.3. The molecular formula is C20H18ClN3O3S. The Hall–Kier alpha value is -2.77. The number of carbonyl (C=O) groups is 2. The number of nitrogens with zero attached hydrogens (tertiary/aromatic N) is 1. The molecule has 28 heavy (non-hydrogen) atoms. The van der Waals surface area contributed by atoms with Gasteiger partial charge in [0.05, 0.1) is 15.6 Å². The van der Waals surface area contributed by atoms with E-state index in [-0.39, 0.29) is 12.5 Å². The predicted octanol–water partition coefficient (Wildman–Crippen LogP) is 3.71. The molecule has 8 heteroatoms. The highest BCUT2D eigenvalue weighted by Gasteiger charge is 2.24. The molecule has 1 aliphatic rings. The number of nitrogens with one attached hydrogen (secondary N) is 1. The highest BCUT2D eigenvalue weighted by Crippen LogP contribution is 2.31. The molecule has 1 saturated heterocycles. The Morgan fingerprint density at radius 2 is 1.96 bits per heavy atom. The van der Waals surface area contributed by atoms with E-state index in [1.165, 1.54) is 11.8 Å². The van der Waals surface area contributed by atoms with Gasteiger partial charge in [0.25, 0.3) is 11.8 Å². The number of halogens is 1. The van der Waals surface area contributed by atoms with Crippen LogP contribution < -0.4 is 15.8 Å². The zero-order chi connectivity index (χ0) is 20.3. The summed E-state index contributed by atoms with van der Waals surface area (Å²) in [5, 5.41) is 3.61. The van der Waals surface area contributed by atoms with Crippen LogP contribution in [0.4, 0.5) is 5.69 Å². The molecule has 1 heterocycles. The molecule has 0 saturated carbocycles. The summed E-state index contributed by atoms with van der Waals surface area (Å²) in [4.78, 5) is 28.1. The minimum atomic E-state index is -0.586. The molecule has 0 aromatic heterocycles. The molecule has 1 aliphatic heterocycles. The summed E-state index contributed by atoms with van der Waals surface area (Å²) < 4.78 is 5.22. The zero-order valence-electron chi connectivity index (χ0n) is 15.3. The number of aliphatic imine (C=N–C) groups is 1. The van der Waals surface area contributed by atoms with Gasteiger partial charge in [-0.15, -0.1) is 0 Å². The van der Waals surface area contributed by atoms with Crippen molar-refractivity contribution < 1.29 is 14.3 Å². The number of primary amides is 1. The first kappa shape index (κ1) is 20.0. The second-order valence-electron chi connectivity index (χ2n) is 6.27. The van der Waals surface area contributed by atoms with Crippen molar-refractivity contribution >= 4 is 52.1 Å². The van der Waals surface area contributed by atoms with E-state index in [0.29, 0.717) is 20.8 Å². The number of benzene rings is 2. The second kappa shape index (κ2) is 8.50. The van der Waals surface area contributed by atoms with Crippen molar-refractivity contribution in [2.45, 2.75) is 13.8 Å². The van der Waals surface area contributed by atoms with Gasteiger partial charge >= 0.3 is 0 Å². The molecular weight excluding hydrogens is 398 g/mol. The Morgan fingerprint density at radius 1 is 1.25 bits per heavy atom. The number of hydrogen-bond donors (Lipinski definition) is 2. The van der Waals surface area contributed by atoms with Crippen LogP contribution in [0.15, 0.2) is 46.3 Å². The number of nitrogens with two attached hydrogens (primary N) is 1. The first-order valence-electron chi connectivity index (χ1n) is 8.39. The topological polar surface area (TPSA) is 93.8 Å². The molecule has 0 radical (unpaired) electrons. The molecule has 0 unspecified atom stereocenters. The lowest BCUT2D eigenvalue weighted by Gasteiger charge is -2.06. The van der Waals surface area contributed by atoms with Crippen LogP contribution in [0.25, 0.3) is 6.08 Å².